The maximum atomic E-state index is 13.5. The summed E-state index contributed by atoms with van der Waals surface area (Å²) in [5, 5.41) is 5.34. The summed E-state index contributed by atoms with van der Waals surface area (Å²) < 4.78 is 13.5. The second-order valence-corrected chi connectivity index (χ2v) is 5.98. The van der Waals surface area contributed by atoms with Crippen molar-refractivity contribution in [1.82, 2.24) is 10.6 Å². The van der Waals surface area contributed by atoms with Crippen molar-refractivity contribution in [2.45, 2.75) is 32.9 Å². The SMILES string of the molecule is Cc1ccc(CNC(=O)CC(NC(N)=O)c2ccccc2C)cc1F. The van der Waals surface area contributed by atoms with Gasteiger partial charge < -0.3 is 16.4 Å². The zero-order chi connectivity index (χ0) is 18.4. The van der Waals surface area contributed by atoms with Gasteiger partial charge in [0.25, 0.3) is 0 Å². The van der Waals surface area contributed by atoms with E-state index in [1.54, 1.807) is 19.1 Å². The Hall–Kier alpha value is -2.89. The van der Waals surface area contributed by atoms with E-state index in [1.807, 2.05) is 31.2 Å². The van der Waals surface area contributed by atoms with Gasteiger partial charge in [-0.2, -0.15) is 0 Å². The molecule has 0 bridgehead atoms. The van der Waals surface area contributed by atoms with Gasteiger partial charge in [-0.05, 0) is 42.2 Å². The fraction of sp³-hybridized carbons (Fsp3) is 0.263. The summed E-state index contributed by atoms with van der Waals surface area (Å²) in [6, 6.07) is 11.1. The molecule has 25 heavy (non-hydrogen) atoms. The summed E-state index contributed by atoms with van der Waals surface area (Å²) in [6.07, 6.45) is 0.0438. The molecule has 0 heterocycles. The number of carbonyl (C=O) groups is 2. The number of hydrogen-bond donors (Lipinski definition) is 3. The van der Waals surface area contributed by atoms with Crippen molar-refractivity contribution in [1.29, 1.82) is 0 Å². The Balaban J connectivity index is 2.03. The second kappa shape index (κ2) is 8.28. The molecule has 0 saturated carbocycles. The minimum absolute atomic E-state index is 0.0438. The van der Waals surface area contributed by atoms with E-state index < -0.39 is 12.1 Å². The number of carbonyl (C=O) groups excluding carboxylic acids is 2. The molecular weight excluding hydrogens is 321 g/mol. The molecule has 0 aromatic heterocycles. The molecule has 5 nitrogen and oxygen atoms in total. The Morgan fingerprint density at radius 2 is 1.84 bits per heavy atom. The van der Waals surface area contributed by atoms with Crippen LogP contribution in [0.25, 0.3) is 0 Å². The van der Waals surface area contributed by atoms with Crippen molar-refractivity contribution in [2.24, 2.45) is 5.73 Å². The monoisotopic (exact) mass is 343 g/mol. The number of aryl methyl sites for hydroxylation is 2. The fourth-order valence-corrected chi connectivity index (χ4v) is 2.59. The van der Waals surface area contributed by atoms with E-state index in [0.717, 1.165) is 11.1 Å². The molecule has 1 unspecified atom stereocenters. The third kappa shape index (κ3) is 5.31. The van der Waals surface area contributed by atoms with Crippen LogP contribution in [0.1, 0.15) is 34.7 Å². The largest absolute Gasteiger partial charge is 0.352 e. The number of benzene rings is 2. The molecule has 2 aromatic carbocycles. The average molecular weight is 343 g/mol. The molecule has 0 aliphatic carbocycles. The fourth-order valence-electron chi connectivity index (χ4n) is 2.59. The molecule has 0 fully saturated rings. The zero-order valence-electron chi connectivity index (χ0n) is 14.3. The molecule has 2 aromatic rings. The van der Waals surface area contributed by atoms with Gasteiger partial charge in [0, 0.05) is 6.54 Å². The summed E-state index contributed by atoms with van der Waals surface area (Å²) in [4.78, 5) is 23.5. The lowest BCUT2D eigenvalue weighted by Gasteiger charge is -2.19. The van der Waals surface area contributed by atoms with Gasteiger partial charge in [0.2, 0.25) is 5.91 Å². The van der Waals surface area contributed by atoms with Crippen molar-refractivity contribution in [2.75, 3.05) is 0 Å². The quantitative estimate of drug-likeness (QED) is 0.753. The van der Waals surface area contributed by atoms with Crippen molar-refractivity contribution in [3.05, 3.63) is 70.5 Å². The van der Waals surface area contributed by atoms with Gasteiger partial charge in [0.15, 0.2) is 0 Å². The van der Waals surface area contributed by atoms with Gasteiger partial charge in [-0.25, -0.2) is 9.18 Å². The van der Waals surface area contributed by atoms with Crippen LogP contribution in [0, 0.1) is 19.7 Å². The Morgan fingerprint density at radius 1 is 1.12 bits per heavy atom. The van der Waals surface area contributed by atoms with Crippen molar-refractivity contribution in [3.8, 4) is 0 Å². The first-order valence-electron chi connectivity index (χ1n) is 8.00. The first-order valence-corrected chi connectivity index (χ1v) is 8.00. The number of halogens is 1. The third-order valence-corrected chi connectivity index (χ3v) is 4.00. The van der Waals surface area contributed by atoms with E-state index in [9.17, 15) is 14.0 Å². The highest BCUT2D eigenvalue weighted by Crippen LogP contribution is 2.20. The van der Waals surface area contributed by atoms with E-state index in [2.05, 4.69) is 10.6 Å². The molecule has 1 atom stereocenters. The first-order chi connectivity index (χ1) is 11.9. The maximum absolute atomic E-state index is 13.5. The minimum Gasteiger partial charge on any atom is -0.352 e. The maximum Gasteiger partial charge on any atom is 0.312 e. The molecule has 0 saturated heterocycles. The van der Waals surface area contributed by atoms with Gasteiger partial charge in [-0.15, -0.1) is 0 Å². The van der Waals surface area contributed by atoms with Crippen molar-refractivity contribution < 1.29 is 14.0 Å². The lowest BCUT2D eigenvalue weighted by Crippen LogP contribution is -2.36. The number of nitrogens with one attached hydrogen (secondary N) is 2. The van der Waals surface area contributed by atoms with Crippen LogP contribution in [0.4, 0.5) is 9.18 Å². The van der Waals surface area contributed by atoms with E-state index in [0.29, 0.717) is 11.1 Å². The Kier molecular flexibility index (Phi) is 6.11. The summed E-state index contributed by atoms with van der Waals surface area (Å²) in [5.74, 6) is -0.567. The van der Waals surface area contributed by atoms with Gasteiger partial charge in [0.1, 0.15) is 5.82 Å². The first kappa shape index (κ1) is 18.4. The van der Waals surface area contributed by atoms with E-state index in [4.69, 9.17) is 5.73 Å². The number of primary amides is 1. The third-order valence-electron chi connectivity index (χ3n) is 4.00. The highest BCUT2D eigenvalue weighted by Gasteiger charge is 2.18. The topological polar surface area (TPSA) is 84.2 Å². The van der Waals surface area contributed by atoms with Gasteiger partial charge >= 0.3 is 6.03 Å². The Morgan fingerprint density at radius 3 is 2.48 bits per heavy atom. The number of amides is 3. The van der Waals surface area contributed by atoms with Crippen molar-refractivity contribution >= 4 is 11.9 Å². The normalized spacial score (nSPS) is 11.6. The number of nitrogens with two attached hydrogens (primary N) is 1. The minimum atomic E-state index is -0.693. The number of rotatable bonds is 6. The van der Waals surface area contributed by atoms with Crippen LogP contribution < -0.4 is 16.4 Å². The van der Waals surface area contributed by atoms with Crippen LogP contribution in [0.15, 0.2) is 42.5 Å². The van der Waals surface area contributed by atoms with E-state index in [-0.39, 0.29) is 24.7 Å². The van der Waals surface area contributed by atoms with Crippen LogP contribution in [-0.4, -0.2) is 11.9 Å². The van der Waals surface area contributed by atoms with Gasteiger partial charge in [0.05, 0.1) is 12.5 Å². The van der Waals surface area contributed by atoms with Crippen LogP contribution in [0.5, 0.6) is 0 Å². The lowest BCUT2D eigenvalue weighted by atomic mass is 9.98. The summed E-state index contributed by atoms with van der Waals surface area (Å²) in [7, 11) is 0. The number of urea groups is 1. The summed E-state index contributed by atoms with van der Waals surface area (Å²) in [5.41, 5.74) is 8.24. The predicted molar refractivity (Wildman–Crippen MR) is 94.2 cm³/mol. The smallest absolute Gasteiger partial charge is 0.312 e. The van der Waals surface area contributed by atoms with Gasteiger partial charge in [-0.3, -0.25) is 4.79 Å². The molecule has 0 aliphatic heterocycles. The molecule has 3 amide bonds. The molecule has 4 N–H and O–H groups in total. The van der Waals surface area contributed by atoms with Crippen LogP contribution in [-0.2, 0) is 11.3 Å². The molecule has 132 valence electrons. The Labute approximate surface area is 146 Å². The van der Waals surface area contributed by atoms with Crippen molar-refractivity contribution in [3.63, 3.8) is 0 Å². The van der Waals surface area contributed by atoms with Crippen LogP contribution in [0.2, 0.25) is 0 Å². The standard InChI is InChI=1S/C19H22FN3O2/c1-12-5-3-4-6-15(12)17(23-19(21)25)10-18(24)22-11-14-8-7-13(2)16(20)9-14/h3-9,17H,10-11H2,1-2H3,(H,22,24)(H3,21,23,25). The summed E-state index contributed by atoms with van der Waals surface area (Å²) >= 11 is 0. The number of hydrogen-bond acceptors (Lipinski definition) is 2. The van der Waals surface area contributed by atoms with E-state index >= 15 is 0 Å². The van der Waals surface area contributed by atoms with Crippen LogP contribution in [0.3, 0.4) is 0 Å². The molecule has 6 heteroatoms. The molecule has 2 rings (SSSR count). The predicted octanol–water partition coefficient (Wildman–Crippen LogP) is 2.86. The van der Waals surface area contributed by atoms with Crippen LogP contribution >= 0.6 is 0 Å². The lowest BCUT2D eigenvalue weighted by molar-refractivity contribution is -0.121. The summed E-state index contributed by atoms with van der Waals surface area (Å²) in [6.45, 7) is 3.80. The highest BCUT2D eigenvalue weighted by molar-refractivity contribution is 5.78. The molecule has 0 aliphatic rings. The van der Waals surface area contributed by atoms with E-state index in [1.165, 1.54) is 6.07 Å². The Bertz CT molecular complexity index is 777. The zero-order valence-corrected chi connectivity index (χ0v) is 14.3. The highest BCUT2D eigenvalue weighted by atomic mass is 19.1. The molecule has 0 radical (unpaired) electrons. The average Bonchev–Trinajstić information content (AvgIpc) is 2.55. The molecule has 0 spiro atoms. The van der Waals surface area contributed by atoms with Gasteiger partial charge in [-0.1, -0.05) is 36.4 Å². The molecular formula is C19H22FN3O2. The second-order valence-electron chi connectivity index (χ2n) is 5.98.